The zero-order valence-electron chi connectivity index (χ0n) is 6.27. The number of fused-ring (bicyclic) bond motifs is 1. The normalized spacial score (nSPS) is 10.2. The van der Waals surface area contributed by atoms with Gasteiger partial charge in [-0.05, 0) is 0 Å². The van der Waals surface area contributed by atoms with Crippen molar-refractivity contribution in [1.29, 1.82) is 0 Å². The molecule has 0 bridgehead atoms. The van der Waals surface area contributed by atoms with E-state index in [9.17, 15) is 14.3 Å². The number of imidazole rings is 1. The van der Waals surface area contributed by atoms with Gasteiger partial charge in [-0.25, -0.2) is 0 Å². The van der Waals surface area contributed by atoms with E-state index in [1.165, 1.54) is 6.33 Å². The Labute approximate surface area is 70.7 Å². The quantitative estimate of drug-likeness (QED) is 0.504. The zero-order valence-corrected chi connectivity index (χ0v) is 6.27. The van der Waals surface area contributed by atoms with Crippen LogP contribution in [0.5, 0.6) is 0 Å². The van der Waals surface area contributed by atoms with Crippen LogP contribution in [0.4, 0.5) is 0 Å². The molecule has 0 aromatic carbocycles. The second-order valence-electron chi connectivity index (χ2n) is 2.34. The van der Waals surface area contributed by atoms with Gasteiger partial charge in [0.05, 0.1) is 0 Å². The second-order valence-corrected chi connectivity index (χ2v) is 2.34. The molecule has 7 nitrogen and oxygen atoms in total. The average molecular weight is 178 g/mol. The zero-order chi connectivity index (χ0) is 9.42. The van der Waals surface area contributed by atoms with Gasteiger partial charge >= 0.3 is 69.7 Å². The Morgan fingerprint density at radius 2 is 2.23 bits per heavy atom. The van der Waals surface area contributed by atoms with Crippen LogP contribution >= 0.6 is 0 Å². The van der Waals surface area contributed by atoms with Gasteiger partial charge in [-0.2, -0.15) is 0 Å². The fourth-order valence-corrected chi connectivity index (χ4v) is 1.02. The number of rotatable bonds is 1. The first-order chi connectivity index (χ1) is 6.24. The number of aromatic nitrogens is 4. The standard InChI is InChI=1S/C5H3BN4O3/c11-4-2-3(8-1-7-2)9-5(12)10(4)6-13/h1H,(H,7,8)(H,9,12). The Morgan fingerprint density at radius 3 is 2.92 bits per heavy atom. The van der Waals surface area contributed by atoms with E-state index in [2.05, 4.69) is 15.0 Å². The van der Waals surface area contributed by atoms with Gasteiger partial charge in [0, 0.05) is 0 Å². The molecule has 2 aromatic heterocycles. The molecule has 0 spiro atoms. The molecule has 13 heavy (non-hydrogen) atoms. The molecule has 8 heteroatoms. The molecule has 0 aliphatic rings. The molecule has 0 saturated carbocycles. The van der Waals surface area contributed by atoms with Crippen LogP contribution in [0.3, 0.4) is 0 Å². The van der Waals surface area contributed by atoms with Crippen molar-refractivity contribution in [3.05, 3.63) is 27.2 Å². The summed E-state index contributed by atoms with van der Waals surface area (Å²) in [5.74, 6) is 0. The van der Waals surface area contributed by atoms with Crippen molar-refractivity contribution in [2.24, 2.45) is 0 Å². The fraction of sp³-hybridized carbons (Fsp3) is 0. The summed E-state index contributed by atoms with van der Waals surface area (Å²) in [6.07, 6.45) is 1.26. The van der Waals surface area contributed by atoms with Crippen molar-refractivity contribution in [3.63, 3.8) is 0 Å². The van der Waals surface area contributed by atoms with Gasteiger partial charge in [-0.3, -0.25) is 0 Å². The summed E-state index contributed by atoms with van der Waals surface area (Å²) in [5.41, 5.74) is -1.24. The fourth-order valence-electron chi connectivity index (χ4n) is 1.02. The van der Waals surface area contributed by atoms with Crippen LogP contribution in [0.2, 0.25) is 0 Å². The van der Waals surface area contributed by atoms with E-state index < -0.39 is 11.2 Å². The Hall–Kier alpha value is -1.99. The summed E-state index contributed by atoms with van der Waals surface area (Å²) in [4.78, 5) is 30.7. The molecule has 0 aliphatic carbocycles. The average Bonchev–Trinajstić information content (AvgIpc) is 2.53. The molecule has 0 fully saturated rings. The Bertz CT molecular complexity index is 579. The summed E-state index contributed by atoms with van der Waals surface area (Å²) in [6.45, 7) is 0. The topological polar surface area (TPSA) is 101 Å². The predicted molar refractivity (Wildman–Crippen MR) is 42.8 cm³/mol. The number of nitrogens with one attached hydrogen (secondary N) is 2. The van der Waals surface area contributed by atoms with Crippen LogP contribution in [-0.4, -0.2) is 26.7 Å². The molecule has 0 amide bonds. The van der Waals surface area contributed by atoms with Gasteiger partial charge in [0.15, 0.2) is 0 Å². The Morgan fingerprint density at radius 1 is 1.46 bits per heavy atom. The number of H-pyrrole nitrogens is 2. The van der Waals surface area contributed by atoms with Crippen molar-refractivity contribution in [2.45, 2.75) is 0 Å². The van der Waals surface area contributed by atoms with Crippen molar-refractivity contribution in [1.82, 2.24) is 19.4 Å². The number of hydrogen-bond acceptors (Lipinski definition) is 4. The van der Waals surface area contributed by atoms with E-state index in [0.29, 0.717) is 4.48 Å². The van der Waals surface area contributed by atoms with Crippen LogP contribution in [-0.2, 0) is 4.70 Å². The molecule has 2 heterocycles. The summed E-state index contributed by atoms with van der Waals surface area (Å²) in [5, 5.41) is 0. The van der Waals surface area contributed by atoms with Crippen LogP contribution in [0.25, 0.3) is 11.2 Å². The molecule has 0 unspecified atom stereocenters. The summed E-state index contributed by atoms with van der Waals surface area (Å²) < 4.78 is 10.8. The number of nitrogens with zero attached hydrogens (tertiary/aromatic N) is 2. The van der Waals surface area contributed by atoms with Crippen LogP contribution in [0, 0.1) is 0 Å². The van der Waals surface area contributed by atoms with E-state index in [1.807, 2.05) is 0 Å². The maximum absolute atomic E-state index is 11.3. The van der Waals surface area contributed by atoms with E-state index in [1.54, 1.807) is 0 Å². The van der Waals surface area contributed by atoms with Gasteiger partial charge in [-0.1, -0.05) is 0 Å². The molecule has 2 aromatic rings. The van der Waals surface area contributed by atoms with E-state index in [-0.39, 0.29) is 18.4 Å². The third kappa shape index (κ3) is 0.951. The molecule has 0 radical (unpaired) electrons. The molecule has 0 aliphatic heterocycles. The molecule has 0 atom stereocenters. The van der Waals surface area contributed by atoms with Crippen LogP contribution < -0.4 is 11.2 Å². The molecule has 64 valence electrons. The van der Waals surface area contributed by atoms with E-state index >= 15 is 0 Å². The minimum atomic E-state index is -0.792. The van der Waals surface area contributed by atoms with E-state index in [0.717, 1.165) is 0 Å². The van der Waals surface area contributed by atoms with Crippen molar-refractivity contribution >= 4 is 18.4 Å². The maximum atomic E-state index is 11.3. The Balaban J connectivity index is 3.11. The van der Waals surface area contributed by atoms with Crippen LogP contribution in [0.15, 0.2) is 15.9 Å². The van der Waals surface area contributed by atoms with Gasteiger partial charge in [0.2, 0.25) is 0 Å². The summed E-state index contributed by atoms with van der Waals surface area (Å²) >= 11 is 0. The number of aromatic amines is 2. The van der Waals surface area contributed by atoms with Crippen molar-refractivity contribution in [2.75, 3.05) is 0 Å². The first-order valence-corrected chi connectivity index (χ1v) is 3.37. The van der Waals surface area contributed by atoms with Gasteiger partial charge in [0.25, 0.3) is 0 Å². The van der Waals surface area contributed by atoms with Gasteiger partial charge in [0.1, 0.15) is 0 Å². The van der Waals surface area contributed by atoms with Gasteiger partial charge < -0.3 is 0 Å². The predicted octanol–water partition coefficient (Wildman–Crippen LogP) is -1.77. The first-order valence-electron chi connectivity index (χ1n) is 3.37. The SMILES string of the molecule is O=Bn1c(=O)[nH]c2nc[nH]c2c1=O. The summed E-state index contributed by atoms with van der Waals surface area (Å²) in [7, 11) is 0.154. The Kier molecular flexibility index (Phi) is 1.48. The molecular formula is C5H3BN4O3. The van der Waals surface area contributed by atoms with Crippen molar-refractivity contribution in [3.8, 4) is 0 Å². The van der Waals surface area contributed by atoms with Crippen LogP contribution in [0.1, 0.15) is 0 Å². The van der Waals surface area contributed by atoms with E-state index in [4.69, 9.17) is 0 Å². The van der Waals surface area contributed by atoms with Gasteiger partial charge in [-0.15, -0.1) is 0 Å². The molecule has 2 rings (SSSR count). The van der Waals surface area contributed by atoms with Crippen molar-refractivity contribution < 1.29 is 4.70 Å². The monoisotopic (exact) mass is 178 g/mol. The number of hydrogen-bond donors (Lipinski definition) is 2. The third-order valence-corrected chi connectivity index (χ3v) is 1.62. The first kappa shape index (κ1) is 7.65. The molecular weight excluding hydrogens is 175 g/mol. The third-order valence-electron chi connectivity index (χ3n) is 1.62. The molecule has 0 saturated heterocycles. The minimum absolute atomic E-state index is 0.103. The second kappa shape index (κ2) is 2.51. The molecule has 2 N–H and O–H groups in total. The summed E-state index contributed by atoms with van der Waals surface area (Å²) in [6, 6.07) is 0.